The molecule has 9 aromatic carbocycles. The number of fused-ring (bicyclic) bond motifs is 7. The summed E-state index contributed by atoms with van der Waals surface area (Å²) in [4.78, 5) is 0. The zero-order valence-electron chi connectivity index (χ0n) is 29.8. The second-order valence-corrected chi connectivity index (χ2v) is 14.8. The van der Waals surface area contributed by atoms with Gasteiger partial charge in [-0.1, -0.05) is 194 Å². The van der Waals surface area contributed by atoms with Crippen LogP contribution in [0.2, 0.25) is 0 Å². The molecule has 0 aromatic heterocycles. The summed E-state index contributed by atoms with van der Waals surface area (Å²) in [6.45, 7) is 0. The average Bonchev–Trinajstić information content (AvgIpc) is 3.77. The summed E-state index contributed by atoms with van der Waals surface area (Å²) in [5, 5.41) is 2.51. The molecule has 0 saturated heterocycles. The Labute approximate surface area is 316 Å². The van der Waals surface area contributed by atoms with Gasteiger partial charge in [0, 0.05) is 11.8 Å². The SMILES string of the molecule is c1ccc2c(c1)-c1ccccc1C2c1ccc(-c2ccc(-c3ccc4ccccc4c3)c(-c3ccc(C4c5ccccc5-c5ccccc54)cc3)c2)cc1. The molecule has 0 bridgehead atoms. The molecule has 0 nitrogen and oxygen atoms in total. The molecular weight excluding hydrogens is 649 g/mol. The normalized spacial score (nSPS) is 13.0. The van der Waals surface area contributed by atoms with E-state index in [2.05, 4.69) is 206 Å². The van der Waals surface area contributed by atoms with Gasteiger partial charge in [-0.05, 0) is 112 Å². The van der Waals surface area contributed by atoms with Gasteiger partial charge in [-0.25, -0.2) is 0 Å². The minimum absolute atomic E-state index is 0.232. The van der Waals surface area contributed by atoms with Crippen molar-refractivity contribution in [1.82, 2.24) is 0 Å². The van der Waals surface area contributed by atoms with E-state index >= 15 is 0 Å². The van der Waals surface area contributed by atoms with Gasteiger partial charge >= 0.3 is 0 Å². The quantitative estimate of drug-likeness (QED) is 0.169. The predicted octanol–water partition coefficient (Wildman–Crippen LogP) is 14.2. The molecule has 0 saturated carbocycles. The molecule has 2 aliphatic carbocycles. The maximum Gasteiger partial charge on any atom is 0.0352 e. The van der Waals surface area contributed by atoms with Crippen LogP contribution in [0.25, 0.3) is 66.4 Å². The van der Waals surface area contributed by atoms with Gasteiger partial charge in [-0.2, -0.15) is 0 Å². The van der Waals surface area contributed by atoms with Crippen LogP contribution in [0.4, 0.5) is 0 Å². The Morgan fingerprint density at radius 1 is 0.222 bits per heavy atom. The number of hydrogen-bond acceptors (Lipinski definition) is 0. The number of hydrogen-bond donors (Lipinski definition) is 0. The lowest BCUT2D eigenvalue weighted by atomic mass is 9.86. The van der Waals surface area contributed by atoms with Gasteiger partial charge in [-0.15, -0.1) is 0 Å². The highest BCUT2D eigenvalue weighted by atomic mass is 14.3. The Bertz CT molecular complexity index is 2780. The van der Waals surface area contributed by atoms with Crippen molar-refractivity contribution in [2.24, 2.45) is 0 Å². The van der Waals surface area contributed by atoms with Crippen molar-refractivity contribution >= 4 is 10.8 Å². The van der Waals surface area contributed by atoms with Gasteiger partial charge in [0.05, 0.1) is 0 Å². The number of benzene rings is 9. The Hall–Kier alpha value is -6.76. The van der Waals surface area contributed by atoms with Crippen molar-refractivity contribution in [3.63, 3.8) is 0 Å². The monoisotopic (exact) mass is 684 g/mol. The summed E-state index contributed by atoms with van der Waals surface area (Å²) >= 11 is 0. The van der Waals surface area contributed by atoms with E-state index in [1.54, 1.807) is 0 Å². The first-order valence-electron chi connectivity index (χ1n) is 19.0. The van der Waals surface area contributed by atoms with Crippen LogP contribution in [-0.2, 0) is 0 Å². The first-order valence-corrected chi connectivity index (χ1v) is 19.0. The van der Waals surface area contributed by atoms with E-state index in [-0.39, 0.29) is 11.8 Å². The molecule has 2 aliphatic rings. The minimum Gasteiger partial charge on any atom is -0.0619 e. The van der Waals surface area contributed by atoms with Crippen LogP contribution in [-0.4, -0.2) is 0 Å². The fourth-order valence-corrected chi connectivity index (χ4v) is 9.32. The van der Waals surface area contributed by atoms with Crippen LogP contribution in [0.1, 0.15) is 45.2 Å². The zero-order chi connectivity index (χ0) is 35.6. The summed E-state index contributed by atoms with van der Waals surface area (Å²) < 4.78 is 0. The molecule has 9 aromatic rings. The summed E-state index contributed by atoms with van der Waals surface area (Å²) in [6, 6.07) is 76.7. The highest BCUT2D eigenvalue weighted by Crippen LogP contribution is 2.49. The van der Waals surface area contributed by atoms with Gasteiger partial charge in [0.15, 0.2) is 0 Å². The van der Waals surface area contributed by atoms with Gasteiger partial charge in [0.25, 0.3) is 0 Å². The summed E-state index contributed by atoms with van der Waals surface area (Å²) in [5.41, 5.74) is 21.0. The van der Waals surface area contributed by atoms with Crippen LogP contribution in [0.15, 0.2) is 206 Å². The van der Waals surface area contributed by atoms with E-state index in [9.17, 15) is 0 Å². The lowest BCUT2D eigenvalue weighted by molar-refractivity contribution is 1.02. The highest BCUT2D eigenvalue weighted by Gasteiger charge is 2.30. The number of rotatable bonds is 5. The van der Waals surface area contributed by atoms with E-state index in [1.165, 1.54) is 99.8 Å². The molecule has 0 heterocycles. The van der Waals surface area contributed by atoms with Crippen LogP contribution in [0.3, 0.4) is 0 Å². The van der Waals surface area contributed by atoms with E-state index in [0.29, 0.717) is 0 Å². The predicted molar refractivity (Wildman–Crippen MR) is 226 cm³/mol. The van der Waals surface area contributed by atoms with Crippen LogP contribution in [0.5, 0.6) is 0 Å². The molecule has 0 radical (unpaired) electrons. The Morgan fingerprint density at radius 3 is 1.15 bits per heavy atom. The van der Waals surface area contributed by atoms with Gasteiger partial charge in [-0.3, -0.25) is 0 Å². The Morgan fingerprint density at radius 2 is 0.630 bits per heavy atom. The fraction of sp³-hybridized carbons (Fsp3) is 0.0370. The largest absolute Gasteiger partial charge is 0.0619 e. The van der Waals surface area contributed by atoms with Gasteiger partial charge < -0.3 is 0 Å². The zero-order valence-corrected chi connectivity index (χ0v) is 29.8. The van der Waals surface area contributed by atoms with Crippen molar-refractivity contribution in [3.05, 3.63) is 240 Å². The average molecular weight is 685 g/mol. The van der Waals surface area contributed by atoms with Crippen LogP contribution >= 0.6 is 0 Å². The third-order valence-corrected chi connectivity index (χ3v) is 11.9. The van der Waals surface area contributed by atoms with Crippen molar-refractivity contribution in [2.45, 2.75) is 11.8 Å². The second-order valence-electron chi connectivity index (χ2n) is 14.8. The Balaban J connectivity index is 1.00. The van der Waals surface area contributed by atoms with Crippen LogP contribution in [0, 0.1) is 0 Å². The molecule has 11 rings (SSSR count). The molecule has 0 spiro atoms. The van der Waals surface area contributed by atoms with Crippen molar-refractivity contribution in [2.75, 3.05) is 0 Å². The highest BCUT2D eigenvalue weighted by molar-refractivity contribution is 5.93. The second kappa shape index (κ2) is 12.4. The molecule has 0 heteroatoms. The molecule has 54 heavy (non-hydrogen) atoms. The van der Waals surface area contributed by atoms with E-state index in [0.717, 1.165) is 0 Å². The molecule has 0 atom stereocenters. The topological polar surface area (TPSA) is 0 Å². The van der Waals surface area contributed by atoms with E-state index < -0.39 is 0 Å². The fourth-order valence-electron chi connectivity index (χ4n) is 9.32. The first-order chi connectivity index (χ1) is 26.8. The van der Waals surface area contributed by atoms with Gasteiger partial charge in [0.2, 0.25) is 0 Å². The van der Waals surface area contributed by atoms with Crippen LogP contribution < -0.4 is 0 Å². The first kappa shape index (κ1) is 30.8. The van der Waals surface area contributed by atoms with Gasteiger partial charge in [0.1, 0.15) is 0 Å². The molecule has 0 aliphatic heterocycles. The molecule has 0 amide bonds. The summed E-state index contributed by atoms with van der Waals surface area (Å²) in [6.07, 6.45) is 0. The third-order valence-electron chi connectivity index (χ3n) is 11.9. The molecule has 252 valence electrons. The molecule has 0 N–H and O–H groups in total. The maximum atomic E-state index is 2.40. The molecule has 0 unspecified atom stereocenters. The summed E-state index contributed by atoms with van der Waals surface area (Å²) in [7, 11) is 0. The van der Waals surface area contributed by atoms with Crippen molar-refractivity contribution < 1.29 is 0 Å². The standard InChI is InChI=1S/C54H36/c1-2-12-40-33-42(30-23-35(40)11-1)43-32-31-41(36-21-26-38(27-22-36)53-48-17-7-3-13-44(48)45-14-4-8-18-49(45)53)34-52(43)37-24-28-39(29-25-37)54-50-19-9-5-15-46(50)47-16-6-10-20-51(47)54/h1-34,53-54H. The lowest BCUT2D eigenvalue weighted by Crippen LogP contribution is -1.99. The third kappa shape index (κ3) is 4.91. The maximum absolute atomic E-state index is 2.40. The smallest absolute Gasteiger partial charge is 0.0352 e. The van der Waals surface area contributed by atoms with Crippen molar-refractivity contribution in [3.8, 4) is 55.6 Å². The lowest BCUT2D eigenvalue weighted by Gasteiger charge is -2.18. The Kier molecular flexibility index (Phi) is 7.10. The van der Waals surface area contributed by atoms with E-state index in [4.69, 9.17) is 0 Å². The summed E-state index contributed by atoms with van der Waals surface area (Å²) in [5.74, 6) is 0.477. The minimum atomic E-state index is 0.232. The van der Waals surface area contributed by atoms with E-state index in [1.807, 2.05) is 0 Å². The molecular formula is C54H36. The van der Waals surface area contributed by atoms with Crippen molar-refractivity contribution in [1.29, 1.82) is 0 Å². The molecule has 0 fully saturated rings.